The van der Waals surface area contributed by atoms with Crippen molar-refractivity contribution < 1.29 is 19.1 Å². The lowest BCUT2D eigenvalue weighted by atomic mass is 10.1. The van der Waals surface area contributed by atoms with Crippen molar-refractivity contribution in [1.82, 2.24) is 4.90 Å². The van der Waals surface area contributed by atoms with E-state index in [-0.39, 0.29) is 12.5 Å². The highest BCUT2D eigenvalue weighted by Crippen LogP contribution is 2.24. The van der Waals surface area contributed by atoms with Crippen LogP contribution in [0.3, 0.4) is 0 Å². The number of amides is 1. The average Bonchev–Trinajstić information content (AvgIpc) is 3.23. The molecule has 0 spiro atoms. The fraction of sp³-hybridized carbons (Fsp3) is 0.217. The first-order valence-electron chi connectivity index (χ1n) is 9.38. The van der Waals surface area contributed by atoms with Crippen LogP contribution in [-0.2, 0) is 27.3 Å². The van der Waals surface area contributed by atoms with Crippen molar-refractivity contribution in [3.63, 3.8) is 0 Å². The number of hydrogen-bond acceptors (Lipinski definition) is 5. The van der Waals surface area contributed by atoms with Gasteiger partial charge in [0.2, 0.25) is 0 Å². The van der Waals surface area contributed by atoms with Crippen LogP contribution < -0.4 is 4.74 Å². The van der Waals surface area contributed by atoms with Crippen LogP contribution >= 0.6 is 11.3 Å². The Morgan fingerprint density at radius 2 is 1.97 bits per heavy atom. The van der Waals surface area contributed by atoms with Crippen LogP contribution in [0.5, 0.6) is 5.75 Å². The average molecular weight is 407 g/mol. The van der Waals surface area contributed by atoms with Crippen molar-refractivity contribution >= 4 is 40.1 Å². The molecule has 29 heavy (non-hydrogen) atoms. The summed E-state index contributed by atoms with van der Waals surface area (Å²) in [6, 6.07) is 13.8. The number of thiophene rings is 1. The van der Waals surface area contributed by atoms with Gasteiger partial charge in [0, 0.05) is 24.0 Å². The monoisotopic (exact) mass is 407 g/mol. The summed E-state index contributed by atoms with van der Waals surface area (Å²) in [6.45, 7) is 1.02. The maximum Gasteiger partial charge on any atom is 0.331 e. The highest BCUT2D eigenvalue weighted by Gasteiger charge is 2.21. The molecular weight excluding hydrogens is 386 g/mol. The van der Waals surface area contributed by atoms with Gasteiger partial charge in [-0.25, -0.2) is 4.79 Å². The van der Waals surface area contributed by atoms with Gasteiger partial charge in [-0.3, -0.25) is 4.79 Å². The van der Waals surface area contributed by atoms with Crippen LogP contribution in [0.2, 0.25) is 0 Å². The van der Waals surface area contributed by atoms with Crippen molar-refractivity contribution in [2.75, 3.05) is 20.3 Å². The molecule has 0 saturated carbocycles. The lowest BCUT2D eigenvalue weighted by Crippen LogP contribution is -2.38. The molecule has 0 aliphatic carbocycles. The Balaban J connectivity index is 1.32. The zero-order valence-electron chi connectivity index (χ0n) is 16.1. The molecule has 0 N–H and O–H groups in total. The second-order valence-electron chi connectivity index (χ2n) is 6.85. The van der Waals surface area contributed by atoms with E-state index < -0.39 is 5.97 Å². The SMILES string of the molecule is COc1ccc2cc(/C=C/C(=O)OCC(=O)N3CCc4sccc4C3)ccc2c1. The van der Waals surface area contributed by atoms with E-state index in [0.717, 1.165) is 28.5 Å². The van der Waals surface area contributed by atoms with E-state index in [4.69, 9.17) is 9.47 Å². The van der Waals surface area contributed by atoms with Crippen LogP contribution in [-0.4, -0.2) is 37.0 Å². The number of esters is 1. The summed E-state index contributed by atoms with van der Waals surface area (Å²) in [7, 11) is 1.64. The molecule has 1 aliphatic heterocycles. The van der Waals surface area contributed by atoms with E-state index in [0.29, 0.717) is 13.1 Å². The van der Waals surface area contributed by atoms with Gasteiger partial charge in [-0.1, -0.05) is 18.2 Å². The molecule has 5 nitrogen and oxygen atoms in total. The molecule has 2 aromatic carbocycles. The molecule has 0 unspecified atom stereocenters. The van der Waals surface area contributed by atoms with Crippen LogP contribution in [0, 0.1) is 0 Å². The number of methoxy groups -OCH3 is 1. The molecule has 0 radical (unpaired) electrons. The molecule has 3 aromatic rings. The third-order valence-corrected chi connectivity index (χ3v) is 6.00. The van der Waals surface area contributed by atoms with E-state index in [1.165, 1.54) is 16.5 Å². The number of carbonyl (C=O) groups excluding carboxylic acids is 2. The minimum atomic E-state index is -0.526. The number of nitrogens with zero attached hydrogens (tertiary/aromatic N) is 1. The maximum absolute atomic E-state index is 12.3. The first kappa shape index (κ1) is 19.2. The topological polar surface area (TPSA) is 55.8 Å². The smallest absolute Gasteiger partial charge is 0.331 e. The minimum Gasteiger partial charge on any atom is -0.497 e. The molecule has 148 valence electrons. The van der Waals surface area contributed by atoms with E-state index in [9.17, 15) is 9.59 Å². The lowest BCUT2D eigenvalue weighted by molar-refractivity contribution is -0.148. The Bertz CT molecular complexity index is 1090. The van der Waals surface area contributed by atoms with Crippen LogP contribution in [0.4, 0.5) is 0 Å². The normalized spacial score (nSPS) is 13.5. The summed E-state index contributed by atoms with van der Waals surface area (Å²) in [6.07, 6.45) is 3.90. The van der Waals surface area contributed by atoms with Crippen molar-refractivity contribution in [1.29, 1.82) is 0 Å². The van der Waals surface area contributed by atoms with Gasteiger partial charge in [0.1, 0.15) is 5.75 Å². The van der Waals surface area contributed by atoms with Gasteiger partial charge in [-0.2, -0.15) is 0 Å². The Hall–Kier alpha value is -3.12. The third kappa shape index (κ3) is 4.49. The Morgan fingerprint density at radius 3 is 2.83 bits per heavy atom. The fourth-order valence-electron chi connectivity index (χ4n) is 3.37. The van der Waals surface area contributed by atoms with Crippen molar-refractivity contribution in [3.8, 4) is 5.75 Å². The quantitative estimate of drug-likeness (QED) is 0.473. The van der Waals surface area contributed by atoms with E-state index in [1.807, 2.05) is 47.8 Å². The van der Waals surface area contributed by atoms with Gasteiger partial charge in [-0.05, 0) is 64.0 Å². The van der Waals surface area contributed by atoms with Crippen LogP contribution in [0.15, 0.2) is 53.9 Å². The third-order valence-electron chi connectivity index (χ3n) is 4.98. The van der Waals surface area contributed by atoms with Gasteiger partial charge in [-0.15, -0.1) is 11.3 Å². The van der Waals surface area contributed by atoms with Gasteiger partial charge in [0.05, 0.1) is 7.11 Å². The number of fused-ring (bicyclic) bond motifs is 2. The predicted octanol–water partition coefficient (Wildman–Crippen LogP) is 4.05. The van der Waals surface area contributed by atoms with E-state index >= 15 is 0 Å². The fourth-order valence-corrected chi connectivity index (χ4v) is 4.26. The Kier molecular flexibility index (Phi) is 5.62. The van der Waals surface area contributed by atoms with Gasteiger partial charge in [0.15, 0.2) is 6.61 Å². The van der Waals surface area contributed by atoms with Gasteiger partial charge < -0.3 is 14.4 Å². The highest BCUT2D eigenvalue weighted by molar-refractivity contribution is 7.10. The molecule has 4 rings (SSSR count). The summed E-state index contributed by atoms with van der Waals surface area (Å²) in [5, 5.41) is 4.16. The molecule has 1 amide bonds. The molecule has 0 saturated heterocycles. The first-order valence-corrected chi connectivity index (χ1v) is 10.3. The maximum atomic E-state index is 12.3. The second-order valence-corrected chi connectivity index (χ2v) is 7.85. The zero-order chi connectivity index (χ0) is 20.2. The van der Waals surface area contributed by atoms with Gasteiger partial charge in [0.25, 0.3) is 5.91 Å². The summed E-state index contributed by atoms with van der Waals surface area (Å²) < 4.78 is 10.4. The number of ether oxygens (including phenoxy) is 2. The zero-order valence-corrected chi connectivity index (χ0v) is 16.9. The molecule has 2 heterocycles. The number of hydrogen-bond donors (Lipinski definition) is 0. The largest absolute Gasteiger partial charge is 0.497 e. The van der Waals surface area contributed by atoms with Gasteiger partial charge >= 0.3 is 5.97 Å². The molecule has 1 aliphatic rings. The first-order chi connectivity index (χ1) is 14.1. The Labute approximate surface area is 173 Å². The van der Waals surface area contributed by atoms with Crippen LogP contribution in [0.25, 0.3) is 16.8 Å². The number of benzene rings is 2. The predicted molar refractivity (Wildman–Crippen MR) is 114 cm³/mol. The van der Waals surface area contributed by atoms with E-state index in [1.54, 1.807) is 29.4 Å². The molecule has 0 bridgehead atoms. The lowest BCUT2D eigenvalue weighted by Gasteiger charge is -2.26. The second kappa shape index (κ2) is 8.49. The number of rotatable bonds is 5. The summed E-state index contributed by atoms with van der Waals surface area (Å²) in [5.74, 6) is 0.114. The minimum absolute atomic E-state index is 0.164. The molecule has 0 fully saturated rings. The molecular formula is C23H21NO4S. The van der Waals surface area contributed by atoms with E-state index in [2.05, 4.69) is 0 Å². The summed E-state index contributed by atoms with van der Waals surface area (Å²) >= 11 is 1.73. The molecule has 0 atom stereocenters. The molecule has 6 heteroatoms. The van der Waals surface area contributed by atoms with Crippen molar-refractivity contribution in [3.05, 3.63) is 69.9 Å². The number of carbonyl (C=O) groups is 2. The Morgan fingerprint density at radius 1 is 1.14 bits per heavy atom. The van der Waals surface area contributed by atoms with Crippen molar-refractivity contribution in [2.45, 2.75) is 13.0 Å². The molecule has 1 aromatic heterocycles. The summed E-state index contributed by atoms with van der Waals surface area (Å²) in [5.41, 5.74) is 2.07. The summed E-state index contributed by atoms with van der Waals surface area (Å²) in [4.78, 5) is 27.4. The standard InChI is InChI=1S/C23H21NO4S/c1-27-20-6-5-17-12-16(2-4-18(17)13-20)3-7-23(26)28-15-22(25)24-10-8-21-19(14-24)9-11-29-21/h2-7,9,11-13H,8,10,14-15H2,1H3/b7-3+. The van der Waals surface area contributed by atoms with Crippen LogP contribution in [0.1, 0.15) is 16.0 Å². The highest BCUT2D eigenvalue weighted by atomic mass is 32.1. The van der Waals surface area contributed by atoms with Crippen molar-refractivity contribution in [2.24, 2.45) is 0 Å².